The molecule has 11 heteroatoms. The number of H-pyrrole nitrogens is 1. The Kier molecular flexibility index (Phi) is 5.91. The third-order valence-corrected chi connectivity index (χ3v) is 8.17. The summed E-state index contributed by atoms with van der Waals surface area (Å²) in [7, 11) is 1.45. The molecule has 2 atom stereocenters. The Balaban J connectivity index is 1.09. The number of amides is 2. The number of hydrogen-bond donors (Lipinski definition) is 2. The smallest absolute Gasteiger partial charge is 0.272 e. The van der Waals surface area contributed by atoms with Crippen molar-refractivity contribution in [2.45, 2.75) is 49.7 Å². The van der Waals surface area contributed by atoms with E-state index in [9.17, 15) is 14.0 Å². The van der Waals surface area contributed by atoms with Crippen molar-refractivity contribution >= 4 is 11.8 Å². The molecule has 36 heavy (non-hydrogen) atoms. The molecule has 2 aromatic heterocycles. The van der Waals surface area contributed by atoms with Crippen molar-refractivity contribution in [1.29, 1.82) is 0 Å². The molecular weight excluding hydrogens is 467 g/mol. The number of likely N-dealkylation sites (tertiary alicyclic amines) is 2. The van der Waals surface area contributed by atoms with E-state index in [1.807, 2.05) is 4.90 Å². The molecule has 3 saturated heterocycles. The second-order valence-electron chi connectivity index (χ2n) is 10.4. The van der Waals surface area contributed by atoms with Gasteiger partial charge in [0, 0.05) is 48.8 Å². The van der Waals surface area contributed by atoms with E-state index in [4.69, 9.17) is 9.47 Å². The van der Waals surface area contributed by atoms with Gasteiger partial charge in [-0.1, -0.05) is 0 Å². The summed E-state index contributed by atoms with van der Waals surface area (Å²) in [6.07, 6.45) is 5.12. The van der Waals surface area contributed by atoms with E-state index in [0.29, 0.717) is 36.8 Å². The number of carbonyl (C=O) groups excluding carboxylic acids is 2. The van der Waals surface area contributed by atoms with Crippen LogP contribution in [0.3, 0.4) is 0 Å². The van der Waals surface area contributed by atoms with E-state index < -0.39 is 5.82 Å². The summed E-state index contributed by atoms with van der Waals surface area (Å²) < 4.78 is 24.7. The maximum absolute atomic E-state index is 14.3. The molecule has 10 nitrogen and oxygen atoms in total. The molecule has 2 N–H and O–H groups in total. The number of pyridine rings is 1. The van der Waals surface area contributed by atoms with Gasteiger partial charge in [0.15, 0.2) is 5.82 Å². The second-order valence-corrected chi connectivity index (χ2v) is 10.4. The molecule has 5 heterocycles. The summed E-state index contributed by atoms with van der Waals surface area (Å²) in [6.45, 7) is 3.98. The highest BCUT2D eigenvalue weighted by atomic mass is 19.1. The molecule has 0 aromatic carbocycles. The van der Waals surface area contributed by atoms with Gasteiger partial charge >= 0.3 is 0 Å². The van der Waals surface area contributed by atoms with Crippen molar-refractivity contribution in [2.75, 3.05) is 40.0 Å². The van der Waals surface area contributed by atoms with Crippen LogP contribution in [0.5, 0.6) is 5.88 Å². The largest absolute Gasteiger partial charge is 0.481 e. The summed E-state index contributed by atoms with van der Waals surface area (Å²) in [4.78, 5) is 34.6. The molecule has 3 aliphatic heterocycles. The first-order chi connectivity index (χ1) is 17.5. The van der Waals surface area contributed by atoms with Crippen LogP contribution in [0.15, 0.2) is 18.3 Å². The van der Waals surface area contributed by atoms with Gasteiger partial charge in [-0.25, -0.2) is 9.37 Å². The topological polar surface area (TPSA) is 113 Å². The summed E-state index contributed by atoms with van der Waals surface area (Å²) in [5.41, 5.74) is 0.553. The van der Waals surface area contributed by atoms with E-state index in [2.05, 4.69) is 25.4 Å². The van der Waals surface area contributed by atoms with Gasteiger partial charge in [-0.3, -0.25) is 19.6 Å². The molecule has 192 valence electrons. The number of piperidine rings is 1. The standard InChI is InChI=1S/C25H31FN6O4/c1-35-22-8-18(19(26)11-27-22)20-9-21(30-29-20)24(34)32-7-2-15(10-25(32)4-5-25)23(33)28-16-3-6-31(12-16)17-13-36-14-17/h8-9,11,15-17H,2-7,10,12-14H2,1H3,(H,28,33)(H,29,30)/t15-,16+/m0/s1. The van der Waals surface area contributed by atoms with Gasteiger partial charge in [0.1, 0.15) is 5.69 Å². The monoisotopic (exact) mass is 498 g/mol. The molecule has 6 rings (SSSR count). The second kappa shape index (κ2) is 9.11. The zero-order valence-electron chi connectivity index (χ0n) is 20.3. The average Bonchev–Trinajstić information content (AvgIpc) is 3.22. The van der Waals surface area contributed by atoms with Crippen molar-refractivity contribution < 1.29 is 23.5 Å². The van der Waals surface area contributed by atoms with Crippen LogP contribution < -0.4 is 10.1 Å². The predicted octanol–water partition coefficient (Wildman–Crippen LogP) is 1.59. The quantitative estimate of drug-likeness (QED) is 0.622. The van der Waals surface area contributed by atoms with Crippen molar-refractivity contribution in [2.24, 2.45) is 5.92 Å². The molecular formula is C25H31FN6O4. The van der Waals surface area contributed by atoms with Crippen LogP contribution >= 0.6 is 0 Å². The third-order valence-electron chi connectivity index (χ3n) is 8.17. The highest BCUT2D eigenvalue weighted by Gasteiger charge is 2.54. The lowest BCUT2D eigenvalue weighted by molar-refractivity contribution is -0.128. The Morgan fingerprint density at radius 2 is 2.08 bits per heavy atom. The summed E-state index contributed by atoms with van der Waals surface area (Å²) >= 11 is 0. The Hall–Kier alpha value is -3.05. The van der Waals surface area contributed by atoms with Gasteiger partial charge in [-0.15, -0.1) is 0 Å². The number of ether oxygens (including phenoxy) is 2. The number of aromatic amines is 1. The Morgan fingerprint density at radius 3 is 2.81 bits per heavy atom. The zero-order chi connectivity index (χ0) is 24.9. The number of nitrogens with one attached hydrogen (secondary N) is 2. The van der Waals surface area contributed by atoms with Crippen molar-refractivity contribution in [3.63, 3.8) is 0 Å². The lowest BCUT2D eigenvalue weighted by Crippen LogP contribution is -2.52. The molecule has 2 amide bonds. The molecule has 1 aliphatic carbocycles. The average molecular weight is 499 g/mol. The van der Waals surface area contributed by atoms with E-state index in [-0.39, 0.29) is 40.8 Å². The molecule has 4 aliphatic rings. The van der Waals surface area contributed by atoms with Gasteiger partial charge in [0.05, 0.1) is 38.3 Å². The molecule has 0 radical (unpaired) electrons. The Morgan fingerprint density at radius 1 is 1.25 bits per heavy atom. The minimum Gasteiger partial charge on any atom is -0.481 e. The normalized spacial score (nSPS) is 25.6. The number of aromatic nitrogens is 3. The van der Waals surface area contributed by atoms with E-state index >= 15 is 0 Å². The van der Waals surface area contributed by atoms with Gasteiger partial charge in [-0.2, -0.15) is 5.10 Å². The van der Waals surface area contributed by atoms with E-state index in [1.165, 1.54) is 13.2 Å². The first-order valence-corrected chi connectivity index (χ1v) is 12.7. The van der Waals surface area contributed by atoms with Crippen molar-refractivity contribution in [3.8, 4) is 17.1 Å². The van der Waals surface area contributed by atoms with Gasteiger partial charge in [-0.05, 0) is 38.2 Å². The van der Waals surface area contributed by atoms with Crippen molar-refractivity contribution in [3.05, 3.63) is 29.8 Å². The first kappa shape index (κ1) is 23.4. The number of methoxy groups -OCH3 is 1. The maximum atomic E-state index is 14.3. The summed E-state index contributed by atoms with van der Waals surface area (Å²) in [5.74, 6) is -0.426. The van der Waals surface area contributed by atoms with Crippen molar-refractivity contribution in [1.82, 2.24) is 30.3 Å². The van der Waals surface area contributed by atoms with E-state index in [1.54, 1.807) is 6.07 Å². The molecule has 1 saturated carbocycles. The number of nitrogens with zero attached hydrogens (tertiary/aromatic N) is 4. The Bertz CT molecular complexity index is 1160. The maximum Gasteiger partial charge on any atom is 0.272 e. The minimum atomic E-state index is -0.543. The highest BCUT2D eigenvalue weighted by molar-refractivity contribution is 5.94. The van der Waals surface area contributed by atoms with Crippen LogP contribution in [0.25, 0.3) is 11.3 Å². The fourth-order valence-electron chi connectivity index (χ4n) is 5.78. The van der Waals surface area contributed by atoms with Crippen LogP contribution in [0.1, 0.15) is 42.6 Å². The molecule has 1 spiro atoms. The first-order valence-electron chi connectivity index (χ1n) is 12.7. The number of rotatable bonds is 6. The number of hydrogen-bond acceptors (Lipinski definition) is 7. The minimum absolute atomic E-state index is 0.0895. The molecule has 0 unspecified atom stereocenters. The summed E-state index contributed by atoms with van der Waals surface area (Å²) in [5, 5.41) is 10.2. The van der Waals surface area contributed by atoms with E-state index in [0.717, 1.165) is 51.8 Å². The van der Waals surface area contributed by atoms with Gasteiger partial charge in [0.2, 0.25) is 11.8 Å². The third kappa shape index (κ3) is 4.24. The molecule has 0 bridgehead atoms. The number of halogens is 1. The van der Waals surface area contributed by atoms with Gasteiger partial charge in [0.25, 0.3) is 5.91 Å². The SMILES string of the molecule is COc1cc(-c2cc(C(=O)N3CC[C@H](C(=O)N[C@@H]4CCN(C5COC5)C4)CC34CC4)[nH]n2)c(F)cn1. The van der Waals surface area contributed by atoms with Gasteiger partial charge < -0.3 is 19.7 Å². The zero-order valence-corrected chi connectivity index (χ0v) is 20.3. The van der Waals surface area contributed by atoms with Crippen LogP contribution in [0, 0.1) is 11.7 Å². The van der Waals surface area contributed by atoms with Crippen LogP contribution in [0.2, 0.25) is 0 Å². The Labute approximate surface area is 208 Å². The fraction of sp³-hybridized carbons (Fsp3) is 0.600. The fourth-order valence-corrected chi connectivity index (χ4v) is 5.78. The molecule has 2 aromatic rings. The molecule has 4 fully saturated rings. The lowest BCUT2D eigenvalue weighted by atomic mass is 9.87. The number of carbonyl (C=O) groups is 2. The highest BCUT2D eigenvalue weighted by Crippen LogP contribution is 2.50. The lowest BCUT2D eigenvalue weighted by Gasteiger charge is -2.39. The van der Waals surface area contributed by atoms with Crippen LogP contribution in [0.4, 0.5) is 4.39 Å². The summed E-state index contributed by atoms with van der Waals surface area (Å²) in [6, 6.07) is 3.70. The van der Waals surface area contributed by atoms with Crippen LogP contribution in [-0.4, -0.2) is 94.4 Å². The van der Waals surface area contributed by atoms with Crippen LogP contribution in [-0.2, 0) is 9.53 Å². The predicted molar refractivity (Wildman–Crippen MR) is 127 cm³/mol.